The summed E-state index contributed by atoms with van der Waals surface area (Å²) in [5, 5.41) is 3.14. The molecule has 0 radical (unpaired) electrons. The van der Waals surface area contributed by atoms with Gasteiger partial charge in [0, 0.05) is 25.5 Å². The molecule has 0 saturated heterocycles. The van der Waals surface area contributed by atoms with Gasteiger partial charge < -0.3 is 9.88 Å². The maximum atomic E-state index is 4.29. The molecule has 1 aromatic heterocycles. The Labute approximate surface area is 85.5 Å². The van der Waals surface area contributed by atoms with Gasteiger partial charge in [0.25, 0.3) is 0 Å². The van der Waals surface area contributed by atoms with E-state index >= 15 is 0 Å². The molecular weight excluding hydrogens is 174 g/mol. The zero-order valence-corrected chi connectivity index (χ0v) is 9.03. The Morgan fingerprint density at radius 1 is 1.50 bits per heavy atom. The summed E-state index contributed by atoms with van der Waals surface area (Å²) in [4.78, 5) is 4.29. The number of hydrogen-bond acceptors (Lipinski definition) is 2. The van der Waals surface area contributed by atoms with Crippen LogP contribution in [0.5, 0.6) is 0 Å². The Morgan fingerprint density at radius 3 is 3.07 bits per heavy atom. The van der Waals surface area contributed by atoms with E-state index in [0.717, 1.165) is 11.9 Å². The van der Waals surface area contributed by atoms with E-state index in [1.54, 1.807) is 0 Å². The predicted molar refractivity (Wildman–Crippen MR) is 58.4 cm³/mol. The summed E-state index contributed by atoms with van der Waals surface area (Å²) in [5.74, 6) is 1.87. The zero-order valence-electron chi connectivity index (χ0n) is 9.03. The summed E-state index contributed by atoms with van der Waals surface area (Å²) in [7, 11) is 1.94. The van der Waals surface area contributed by atoms with E-state index in [-0.39, 0.29) is 0 Å². The molecule has 2 atom stereocenters. The van der Waals surface area contributed by atoms with Gasteiger partial charge in [-0.1, -0.05) is 19.8 Å². The van der Waals surface area contributed by atoms with Gasteiger partial charge in [0.1, 0.15) is 0 Å². The highest BCUT2D eigenvalue weighted by molar-refractivity contribution is 5.25. The van der Waals surface area contributed by atoms with Gasteiger partial charge in [-0.15, -0.1) is 0 Å². The highest BCUT2D eigenvalue weighted by Gasteiger charge is 2.21. The molecular formula is C11H19N3. The van der Waals surface area contributed by atoms with Crippen LogP contribution in [0.25, 0.3) is 0 Å². The summed E-state index contributed by atoms with van der Waals surface area (Å²) < 4.78 is 2.29. The van der Waals surface area contributed by atoms with Gasteiger partial charge in [-0.2, -0.15) is 0 Å². The first-order chi connectivity index (χ1) is 6.81. The van der Waals surface area contributed by atoms with Crippen LogP contribution in [-0.2, 0) is 0 Å². The molecule has 1 N–H and O–H groups in total. The molecule has 0 aliphatic heterocycles. The number of anilines is 1. The lowest BCUT2D eigenvalue weighted by Crippen LogP contribution is -2.18. The van der Waals surface area contributed by atoms with E-state index < -0.39 is 0 Å². The molecule has 14 heavy (non-hydrogen) atoms. The quantitative estimate of drug-likeness (QED) is 0.782. The molecule has 2 unspecified atom stereocenters. The van der Waals surface area contributed by atoms with E-state index in [1.165, 1.54) is 25.7 Å². The minimum absolute atomic E-state index is 0.656. The fourth-order valence-corrected chi connectivity index (χ4v) is 2.46. The van der Waals surface area contributed by atoms with Gasteiger partial charge in [-0.3, -0.25) is 0 Å². The highest BCUT2D eigenvalue weighted by atomic mass is 15.2. The minimum Gasteiger partial charge on any atom is -0.359 e. The average molecular weight is 193 g/mol. The van der Waals surface area contributed by atoms with E-state index in [2.05, 4.69) is 28.0 Å². The van der Waals surface area contributed by atoms with Crippen molar-refractivity contribution < 1.29 is 0 Å². The first kappa shape index (κ1) is 9.56. The molecule has 1 aromatic rings. The van der Waals surface area contributed by atoms with Gasteiger partial charge in [0.15, 0.2) is 0 Å². The summed E-state index contributed by atoms with van der Waals surface area (Å²) >= 11 is 0. The lowest BCUT2D eigenvalue weighted by Gasteiger charge is -2.28. The Balaban J connectivity index is 2.13. The van der Waals surface area contributed by atoms with E-state index in [9.17, 15) is 0 Å². The van der Waals surface area contributed by atoms with Crippen LogP contribution in [0.3, 0.4) is 0 Å². The molecule has 3 heteroatoms. The van der Waals surface area contributed by atoms with Crippen LogP contribution in [0.2, 0.25) is 0 Å². The van der Waals surface area contributed by atoms with Crippen molar-refractivity contribution in [2.45, 2.75) is 38.6 Å². The molecule has 1 aliphatic carbocycles. The van der Waals surface area contributed by atoms with Crippen molar-refractivity contribution in [3.63, 3.8) is 0 Å². The van der Waals surface area contributed by atoms with Crippen LogP contribution in [0.15, 0.2) is 12.4 Å². The molecule has 0 spiro atoms. The largest absolute Gasteiger partial charge is 0.359 e. The number of imidazole rings is 1. The van der Waals surface area contributed by atoms with Crippen LogP contribution in [0, 0.1) is 5.92 Å². The van der Waals surface area contributed by atoms with Crippen molar-refractivity contribution in [2.24, 2.45) is 5.92 Å². The number of hydrogen-bond donors (Lipinski definition) is 1. The number of nitrogens with zero attached hydrogens (tertiary/aromatic N) is 2. The lowest BCUT2D eigenvalue weighted by atomic mass is 9.87. The first-order valence-corrected chi connectivity index (χ1v) is 5.52. The van der Waals surface area contributed by atoms with Crippen molar-refractivity contribution in [2.75, 3.05) is 12.4 Å². The van der Waals surface area contributed by atoms with E-state index in [4.69, 9.17) is 0 Å². The van der Waals surface area contributed by atoms with E-state index in [1.807, 2.05) is 13.2 Å². The van der Waals surface area contributed by atoms with Crippen LogP contribution in [0.1, 0.15) is 38.6 Å². The molecule has 3 nitrogen and oxygen atoms in total. The number of rotatable bonds is 2. The molecule has 0 aromatic carbocycles. The van der Waals surface area contributed by atoms with Crippen molar-refractivity contribution in [3.8, 4) is 0 Å². The SMILES string of the molecule is CNc1nccn1C1CCCC(C)C1. The average Bonchev–Trinajstić information content (AvgIpc) is 2.65. The number of nitrogens with one attached hydrogen (secondary N) is 1. The number of aromatic nitrogens is 2. The van der Waals surface area contributed by atoms with Crippen LogP contribution in [0.4, 0.5) is 5.95 Å². The molecule has 1 aliphatic rings. The van der Waals surface area contributed by atoms with Crippen LogP contribution < -0.4 is 5.32 Å². The van der Waals surface area contributed by atoms with Gasteiger partial charge in [-0.05, 0) is 18.8 Å². The second kappa shape index (κ2) is 4.03. The van der Waals surface area contributed by atoms with Gasteiger partial charge in [0.2, 0.25) is 5.95 Å². The van der Waals surface area contributed by atoms with Crippen molar-refractivity contribution in [3.05, 3.63) is 12.4 Å². The maximum Gasteiger partial charge on any atom is 0.202 e. The summed E-state index contributed by atoms with van der Waals surface area (Å²) in [6, 6.07) is 0.656. The van der Waals surface area contributed by atoms with Crippen molar-refractivity contribution in [1.82, 2.24) is 9.55 Å². The molecule has 0 bridgehead atoms. The maximum absolute atomic E-state index is 4.29. The van der Waals surface area contributed by atoms with Gasteiger partial charge in [0.05, 0.1) is 0 Å². The third kappa shape index (κ3) is 1.76. The molecule has 0 amide bonds. The third-order valence-corrected chi connectivity index (χ3v) is 3.19. The topological polar surface area (TPSA) is 29.9 Å². The van der Waals surface area contributed by atoms with Crippen LogP contribution in [-0.4, -0.2) is 16.6 Å². The standard InChI is InChI=1S/C11H19N3/c1-9-4-3-5-10(8-9)14-7-6-13-11(14)12-2/h6-7,9-10H,3-5,8H2,1-2H3,(H,12,13). The molecule has 1 saturated carbocycles. The second-order valence-electron chi connectivity index (χ2n) is 4.33. The van der Waals surface area contributed by atoms with Crippen LogP contribution >= 0.6 is 0 Å². The zero-order chi connectivity index (χ0) is 9.97. The lowest BCUT2D eigenvalue weighted by molar-refractivity contribution is 0.284. The minimum atomic E-state index is 0.656. The fraction of sp³-hybridized carbons (Fsp3) is 0.727. The Kier molecular flexibility index (Phi) is 2.75. The second-order valence-corrected chi connectivity index (χ2v) is 4.33. The summed E-state index contributed by atoms with van der Waals surface area (Å²) in [5.41, 5.74) is 0. The Bertz CT molecular complexity index is 292. The molecule has 1 fully saturated rings. The van der Waals surface area contributed by atoms with Crippen molar-refractivity contribution in [1.29, 1.82) is 0 Å². The molecule has 2 rings (SSSR count). The molecule has 78 valence electrons. The fourth-order valence-electron chi connectivity index (χ4n) is 2.46. The van der Waals surface area contributed by atoms with Gasteiger partial charge >= 0.3 is 0 Å². The van der Waals surface area contributed by atoms with E-state index in [0.29, 0.717) is 6.04 Å². The van der Waals surface area contributed by atoms with Gasteiger partial charge in [-0.25, -0.2) is 4.98 Å². The Hall–Kier alpha value is -0.990. The first-order valence-electron chi connectivity index (χ1n) is 5.52. The molecule has 1 heterocycles. The van der Waals surface area contributed by atoms with Crippen molar-refractivity contribution >= 4 is 5.95 Å². The smallest absolute Gasteiger partial charge is 0.202 e. The highest BCUT2D eigenvalue weighted by Crippen LogP contribution is 2.33. The monoisotopic (exact) mass is 193 g/mol. The Morgan fingerprint density at radius 2 is 2.36 bits per heavy atom. The normalized spacial score (nSPS) is 27.6. The predicted octanol–water partition coefficient (Wildman–Crippen LogP) is 2.68. The summed E-state index contributed by atoms with van der Waals surface area (Å²) in [6.45, 7) is 2.35. The third-order valence-electron chi connectivity index (χ3n) is 3.19. The summed E-state index contributed by atoms with van der Waals surface area (Å²) in [6.07, 6.45) is 9.31.